The van der Waals surface area contributed by atoms with Crippen molar-refractivity contribution in [2.45, 2.75) is 20.0 Å². The van der Waals surface area contributed by atoms with E-state index in [2.05, 4.69) is 21.0 Å². The van der Waals surface area contributed by atoms with Crippen LogP contribution in [-0.2, 0) is 6.18 Å². The summed E-state index contributed by atoms with van der Waals surface area (Å²) in [6.07, 6.45) is 1.43. The Labute approximate surface area is 178 Å². The summed E-state index contributed by atoms with van der Waals surface area (Å²) in [7, 11) is 0. The quantitative estimate of drug-likeness (QED) is 0.361. The van der Waals surface area contributed by atoms with Crippen molar-refractivity contribution in [2.75, 3.05) is 0 Å². The van der Waals surface area contributed by atoms with E-state index >= 15 is 0 Å². The van der Waals surface area contributed by atoms with E-state index in [9.17, 15) is 23.1 Å². The van der Waals surface area contributed by atoms with Crippen molar-refractivity contribution >= 4 is 11.4 Å². The Bertz CT molecular complexity index is 1470. The molecule has 0 bridgehead atoms. The van der Waals surface area contributed by atoms with Crippen LogP contribution in [0.15, 0.2) is 45.6 Å². The Morgan fingerprint density at radius 2 is 1.91 bits per heavy atom. The van der Waals surface area contributed by atoms with Gasteiger partial charge in [-0.15, -0.1) is 6.42 Å². The maximum atomic E-state index is 13.8. The van der Waals surface area contributed by atoms with Gasteiger partial charge in [0.05, 0.1) is 11.3 Å². The van der Waals surface area contributed by atoms with Crippen molar-refractivity contribution in [3.63, 3.8) is 0 Å². The predicted octanol–water partition coefficient (Wildman–Crippen LogP) is 4.51. The summed E-state index contributed by atoms with van der Waals surface area (Å²) in [4.78, 5) is 21.6. The number of fused-ring (bicyclic) bond motifs is 1. The van der Waals surface area contributed by atoms with Crippen molar-refractivity contribution in [1.29, 1.82) is 0 Å². The summed E-state index contributed by atoms with van der Waals surface area (Å²) < 4.78 is 47.6. The van der Waals surface area contributed by atoms with E-state index in [-0.39, 0.29) is 51.1 Å². The maximum absolute atomic E-state index is 13.8. The summed E-state index contributed by atoms with van der Waals surface area (Å²) in [5.41, 5.74) is -2.17. The number of aryl methyl sites for hydroxylation is 2. The maximum Gasteiger partial charge on any atom is 0.433 e. The number of H-pyrrole nitrogens is 1. The Hall–Kier alpha value is -4.26. The van der Waals surface area contributed by atoms with Crippen molar-refractivity contribution in [1.82, 2.24) is 19.6 Å². The number of halogens is 3. The molecule has 0 saturated heterocycles. The van der Waals surface area contributed by atoms with Gasteiger partial charge in [0.1, 0.15) is 22.7 Å². The minimum Gasteiger partial charge on any atom is -0.505 e. The summed E-state index contributed by atoms with van der Waals surface area (Å²) in [5, 5.41) is 12.1. The molecule has 32 heavy (non-hydrogen) atoms. The highest BCUT2D eigenvalue weighted by Gasteiger charge is 2.38. The number of aromatic nitrogens is 4. The van der Waals surface area contributed by atoms with Gasteiger partial charge in [-0.05, 0) is 19.4 Å². The minimum atomic E-state index is -4.77. The molecule has 3 aromatic heterocycles. The van der Waals surface area contributed by atoms with E-state index in [4.69, 9.17) is 10.8 Å². The van der Waals surface area contributed by atoms with Crippen LogP contribution in [0.25, 0.3) is 34.0 Å². The molecule has 0 radical (unpaired) electrons. The average molecular weight is 440 g/mol. The lowest BCUT2D eigenvalue weighted by atomic mass is 10.1. The van der Waals surface area contributed by atoms with Gasteiger partial charge >= 0.3 is 6.18 Å². The molecule has 0 fully saturated rings. The zero-order chi connectivity index (χ0) is 23.2. The molecule has 0 aliphatic heterocycles. The van der Waals surface area contributed by atoms with Crippen molar-refractivity contribution in [3.8, 4) is 34.9 Å². The van der Waals surface area contributed by atoms with E-state index in [0.29, 0.717) is 4.52 Å². The fraction of sp³-hybridized carbons (Fsp3) is 0.136. The SMILES string of the molecule is C#C/C=C(/O)c1nc(-c2c(C)nc3c(-c4ccccc4)c(C(F)(F)F)[nH]n3c2=O)oc1C. The summed E-state index contributed by atoms with van der Waals surface area (Å²) in [5.74, 6) is 1.76. The number of benzene rings is 1. The highest BCUT2D eigenvalue weighted by molar-refractivity contribution is 5.81. The molecule has 0 saturated carbocycles. The van der Waals surface area contributed by atoms with E-state index in [0.717, 1.165) is 6.08 Å². The third kappa shape index (κ3) is 3.33. The van der Waals surface area contributed by atoms with Crippen LogP contribution in [-0.4, -0.2) is 24.7 Å². The molecule has 0 aliphatic carbocycles. The Morgan fingerprint density at radius 3 is 2.53 bits per heavy atom. The number of terminal acetylenes is 1. The van der Waals surface area contributed by atoms with Crippen LogP contribution < -0.4 is 5.56 Å². The molecule has 0 unspecified atom stereocenters. The second-order valence-corrected chi connectivity index (χ2v) is 6.88. The second kappa shape index (κ2) is 7.46. The van der Waals surface area contributed by atoms with Crippen molar-refractivity contribution in [3.05, 3.63) is 69.6 Å². The summed E-state index contributed by atoms with van der Waals surface area (Å²) in [6.45, 7) is 2.96. The van der Waals surface area contributed by atoms with E-state index in [1.165, 1.54) is 26.0 Å². The van der Waals surface area contributed by atoms with Crippen LogP contribution in [0.5, 0.6) is 0 Å². The molecule has 0 spiro atoms. The normalized spacial score (nSPS) is 12.3. The molecule has 3 heterocycles. The molecule has 1 aromatic carbocycles. The fourth-order valence-corrected chi connectivity index (χ4v) is 3.40. The molecular formula is C22H15F3N4O3. The van der Waals surface area contributed by atoms with Gasteiger partial charge in [-0.2, -0.15) is 17.7 Å². The number of rotatable bonds is 3. The summed E-state index contributed by atoms with van der Waals surface area (Å²) >= 11 is 0. The predicted molar refractivity (Wildman–Crippen MR) is 111 cm³/mol. The summed E-state index contributed by atoms with van der Waals surface area (Å²) in [6, 6.07) is 7.84. The first kappa shape index (κ1) is 21.0. The first-order valence-electron chi connectivity index (χ1n) is 9.24. The van der Waals surface area contributed by atoms with Gasteiger partial charge in [-0.1, -0.05) is 36.3 Å². The van der Waals surface area contributed by atoms with Crippen LogP contribution in [0.1, 0.15) is 22.8 Å². The number of nitrogens with one attached hydrogen (secondary N) is 1. The van der Waals surface area contributed by atoms with Gasteiger partial charge < -0.3 is 9.52 Å². The molecule has 10 heteroatoms. The lowest BCUT2D eigenvalue weighted by molar-refractivity contribution is -0.140. The van der Waals surface area contributed by atoms with E-state index in [1.54, 1.807) is 18.2 Å². The molecule has 2 N–H and O–H groups in total. The highest BCUT2D eigenvalue weighted by atomic mass is 19.4. The second-order valence-electron chi connectivity index (χ2n) is 6.88. The number of hydrogen-bond acceptors (Lipinski definition) is 5. The van der Waals surface area contributed by atoms with Crippen molar-refractivity contribution < 1.29 is 22.7 Å². The molecule has 0 atom stereocenters. The average Bonchev–Trinajstić information content (AvgIpc) is 3.30. The van der Waals surface area contributed by atoms with Gasteiger partial charge in [0.2, 0.25) is 5.89 Å². The monoisotopic (exact) mass is 440 g/mol. The van der Waals surface area contributed by atoms with Crippen LogP contribution >= 0.6 is 0 Å². The van der Waals surface area contributed by atoms with Gasteiger partial charge in [-0.3, -0.25) is 9.89 Å². The zero-order valence-corrected chi connectivity index (χ0v) is 16.8. The third-order valence-corrected chi connectivity index (χ3v) is 4.78. The number of nitrogens with zero attached hydrogens (tertiary/aromatic N) is 3. The Morgan fingerprint density at radius 1 is 1.22 bits per heavy atom. The first-order valence-corrected chi connectivity index (χ1v) is 9.24. The molecule has 0 aliphatic rings. The van der Waals surface area contributed by atoms with Crippen molar-refractivity contribution in [2.24, 2.45) is 0 Å². The van der Waals surface area contributed by atoms with E-state index < -0.39 is 17.4 Å². The van der Waals surface area contributed by atoms with Gasteiger partial charge in [0.15, 0.2) is 11.4 Å². The minimum absolute atomic E-state index is 0.00860. The number of hydrogen-bond donors (Lipinski definition) is 2. The van der Waals surface area contributed by atoms with Gasteiger partial charge in [0, 0.05) is 6.08 Å². The van der Waals surface area contributed by atoms with E-state index in [1.807, 2.05) is 0 Å². The van der Waals surface area contributed by atoms with Crippen LogP contribution in [0, 0.1) is 26.2 Å². The number of alkyl halides is 3. The molecule has 0 amide bonds. The molecule has 4 aromatic rings. The molecule has 4 rings (SSSR count). The highest BCUT2D eigenvalue weighted by Crippen LogP contribution is 2.38. The molecule has 7 nitrogen and oxygen atoms in total. The molecular weight excluding hydrogens is 425 g/mol. The standard InChI is InChI=1S/C22H15F3N4O3/c1-4-8-14(30)17-12(3)32-20(27-17)15-11(2)26-19-16(13-9-6-5-7-10-13)18(22(23,24)25)28-29(19)21(15)31/h1,5-10,28,30H,2-3H3/b14-8+. The Kier molecular flexibility index (Phi) is 4.89. The fourth-order valence-electron chi connectivity index (χ4n) is 3.40. The first-order chi connectivity index (χ1) is 15.1. The Balaban J connectivity index is 2.02. The number of aromatic amines is 1. The van der Waals surface area contributed by atoms with Gasteiger partial charge in [0.25, 0.3) is 5.56 Å². The third-order valence-electron chi connectivity index (χ3n) is 4.78. The number of allylic oxidation sites excluding steroid dienone is 1. The van der Waals surface area contributed by atoms with Crippen LogP contribution in [0.2, 0.25) is 0 Å². The number of oxazole rings is 1. The zero-order valence-electron chi connectivity index (χ0n) is 16.8. The number of aliphatic hydroxyl groups is 1. The topological polar surface area (TPSA) is 96.4 Å². The lowest BCUT2D eigenvalue weighted by Crippen LogP contribution is -2.20. The van der Waals surface area contributed by atoms with Gasteiger partial charge in [-0.25, -0.2) is 9.97 Å². The van der Waals surface area contributed by atoms with Crippen LogP contribution in [0.4, 0.5) is 13.2 Å². The lowest BCUT2D eigenvalue weighted by Gasteiger charge is -2.07. The number of aliphatic hydroxyl groups excluding tert-OH is 1. The smallest absolute Gasteiger partial charge is 0.433 e. The van der Waals surface area contributed by atoms with Crippen LogP contribution in [0.3, 0.4) is 0 Å². The largest absolute Gasteiger partial charge is 0.505 e. The molecule has 162 valence electrons.